The molecule has 1 aromatic carbocycles. The number of nitrogens with zero attached hydrogens (tertiary/aromatic N) is 2. The summed E-state index contributed by atoms with van der Waals surface area (Å²) in [7, 11) is 2.06. The van der Waals surface area contributed by atoms with Crippen LogP contribution in [0.4, 0.5) is 4.79 Å². The van der Waals surface area contributed by atoms with Crippen LogP contribution in [0.2, 0.25) is 0 Å². The molecule has 0 radical (unpaired) electrons. The molecule has 27 heavy (non-hydrogen) atoms. The van der Waals surface area contributed by atoms with Gasteiger partial charge in [-0.2, -0.15) is 0 Å². The van der Waals surface area contributed by atoms with Crippen molar-refractivity contribution in [3.05, 3.63) is 35.4 Å². The lowest BCUT2D eigenvalue weighted by Gasteiger charge is -2.43. The first-order valence-electron chi connectivity index (χ1n) is 9.74. The molecule has 6 heteroatoms. The zero-order chi connectivity index (χ0) is 19.7. The number of ether oxygens (including phenoxy) is 1. The van der Waals surface area contributed by atoms with Gasteiger partial charge in [-0.1, -0.05) is 24.3 Å². The third-order valence-corrected chi connectivity index (χ3v) is 5.37. The van der Waals surface area contributed by atoms with Crippen LogP contribution in [0, 0.1) is 0 Å². The zero-order valence-corrected chi connectivity index (χ0v) is 16.9. The minimum atomic E-state index is -0.938. The maximum absolute atomic E-state index is 13.5. The summed E-state index contributed by atoms with van der Waals surface area (Å²) in [6.07, 6.45) is 1.34. The molecule has 1 fully saturated rings. The molecule has 6 nitrogen and oxygen atoms in total. The first kappa shape index (κ1) is 19.7. The van der Waals surface area contributed by atoms with Crippen LogP contribution >= 0.6 is 0 Å². The molecule has 2 aliphatic rings. The summed E-state index contributed by atoms with van der Waals surface area (Å²) < 4.78 is 5.48. The largest absolute Gasteiger partial charge is 0.444 e. The number of likely N-dealkylation sites (N-methyl/N-ethyl adjacent to an activating group) is 1. The standard InChI is InChI=1S/C21H31N3O3/c1-20(2,3)27-19(26)22-21(18(25)24-13-11-23(4)12-14-24)10-9-16-7-5-6-8-17(16)15-21/h5-8H,9-15H2,1-4H3,(H,22,26)/t21-/m1/s1. The molecular formula is C21H31N3O3. The van der Waals surface area contributed by atoms with Gasteiger partial charge in [-0.3, -0.25) is 4.79 Å². The van der Waals surface area contributed by atoms with E-state index in [1.807, 2.05) is 37.8 Å². The maximum atomic E-state index is 13.5. The molecule has 148 valence electrons. The number of carbonyl (C=O) groups is 2. The van der Waals surface area contributed by atoms with Crippen LogP contribution in [-0.4, -0.2) is 66.2 Å². The molecule has 1 N–H and O–H groups in total. The molecule has 2 amide bonds. The third-order valence-electron chi connectivity index (χ3n) is 5.37. The van der Waals surface area contributed by atoms with E-state index in [0.717, 1.165) is 25.1 Å². The number of aryl methyl sites for hydroxylation is 1. The fourth-order valence-electron chi connectivity index (χ4n) is 3.89. The predicted octanol–water partition coefficient (Wildman–Crippen LogP) is 2.21. The normalized spacial score (nSPS) is 23.5. The Morgan fingerprint density at radius 3 is 2.33 bits per heavy atom. The predicted molar refractivity (Wildman–Crippen MR) is 105 cm³/mol. The number of alkyl carbamates (subject to hydrolysis) is 1. The Morgan fingerprint density at radius 2 is 1.70 bits per heavy atom. The lowest BCUT2D eigenvalue weighted by molar-refractivity contribution is -0.140. The molecule has 0 spiro atoms. The summed E-state index contributed by atoms with van der Waals surface area (Å²) in [6, 6.07) is 8.17. The summed E-state index contributed by atoms with van der Waals surface area (Å²) in [4.78, 5) is 30.2. The van der Waals surface area contributed by atoms with Crippen molar-refractivity contribution in [3.8, 4) is 0 Å². The first-order chi connectivity index (χ1) is 12.7. The Hall–Kier alpha value is -2.08. The van der Waals surface area contributed by atoms with E-state index in [1.54, 1.807) is 0 Å². The number of fused-ring (bicyclic) bond motifs is 1. The zero-order valence-electron chi connectivity index (χ0n) is 16.9. The van der Waals surface area contributed by atoms with Crippen LogP contribution in [0.1, 0.15) is 38.3 Å². The monoisotopic (exact) mass is 373 g/mol. The molecular weight excluding hydrogens is 342 g/mol. The average Bonchev–Trinajstić information content (AvgIpc) is 2.60. The highest BCUT2D eigenvalue weighted by molar-refractivity contribution is 5.91. The third kappa shape index (κ3) is 4.61. The van der Waals surface area contributed by atoms with Crippen molar-refractivity contribution in [2.75, 3.05) is 33.2 Å². The highest BCUT2D eigenvalue weighted by Crippen LogP contribution is 2.31. The first-order valence-corrected chi connectivity index (χ1v) is 9.74. The fraction of sp³-hybridized carbons (Fsp3) is 0.619. The Kier molecular flexibility index (Phi) is 5.47. The molecule has 0 saturated carbocycles. The van der Waals surface area contributed by atoms with Gasteiger partial charge in [0.2, 0.25) is 5.91 Å². The van der Waals surface area contributed by atoms with Crippen LogP contribution in [0.25, 0.3) is 0 Å². The molecule has 0 bridgehead atoms. The molecule has 1 aliphatic carbocycles. The number of rotatable bonds is 2. The summed E-state index contributed by atoms with van der Waals surface area (Å²) in [5.74, 6) is 0.0102. The Labute approximate surface area is 161 Å². The van der Waals surface area contributed by atoms with E-state index in [4.69, 9.17) is 4.74 Å². The van der Waals surface area contributed by atoms with Crippen molar-refractivity contribution >= 4 is 12.0 Å². The van der Waals surface area contributed by atoms with Gasteiger partial charge in [0, 0.05) is 32.6 Å². The molecule has 1 aliphatic heterocycles. The minimum absolute atomic E-state index is 0.0102. The number of nitrogens with one attached hydrogen (secondary N) is 1. The molecule has 0 unspecified atom stereocenters. The van der Waals surface area contributed by atoms with Crippen molar-refractivity contribution in [3.63, 3.8) is 0 Å². The van der Waals surface area contributed by atoms with E-state index >= 15 is 0 Å². The second-order valence-electron chi connectivity index (χ2n) is 8.75. The number of amides is 2. The molecule has 1 saturated heterocycles. The highest BCUT2D eigenvalue weighted by Gasteiger charge is 2.46. The number of benzene rings is 1. The smallest absolute Gasteiger partial charge is 0.408 e. The van der Waals surface area contributed by atoms with Crippen molar-refractivity contribution < 1.29 is 14.3 Å². The molecule has 1 aromatic rings. The van der Waals surface area contributed by atoms with Gasteiger partial charge in [0.25, 0.3) is 0 Å². The summed E-state index contributed by atoms with van der Waals surface area (Å²) >= 11 is 0. The van der Waals surface area contributed by atoms with Gasteiger partial charge in [0.15, 0.2) is 0 Å². The van der Waals surface area contributed by atoms with Crippen molar-refractivity contribution in [2.45, 2.75) is 51.2 Å². The summed E-state index contributed by atoms with van der Waals surface area (Å²) in [6.45, 7) is 8.58. The Morgan fingerprint density at radius 1 is 1.07 bits per heavy atom. The van der Waals surface area contributed by atoms with Crippen LogP contribution in [0.15, 0.2) is 24.3 Å². The maximum Gasteiger partial charge on any atom is 0.408 e. The van der Waals surface area contributed by atoms with E-state index < -0.39 is 17.2 Å². The van der Waals surface area contributed by atoms with Gasteiger partial charge in [0.1, 0.15) is 11.1 Å². The number of piperazine rings is 1. The van der Waals surface area contributed by atoms with Crippen LogP contribution in [-0.2, 0) is 22.4 Å². The summed E-state index contributed by atoms with van der Waals surface area (Å²) in [5.41, 5.74) is 0.842. The number of hydrogen-bond donors (Lipinski definition) is 1. The molecule has 1 heterocycles. The fourth-order valence-corrected chi connectivity index (χ4v) is 3.89. The van der Waals surface area contributed by atoms with Crippen LogP contribution < -0.4 is 5.32 Å². The van der Waals surface area contributed by atoms with Gasteiger partial charge in [-0.15, -0.1) is 0 Å². The quantitative estimate of drug-likeness (QED) is 0.863. The average molecular weight is 373 g/mol. The van der Waals surface area contributed by atoms with E-state index in [-0.39, 0.29) is 5.91 Å². The minimum Gasteiger partial charge on any atom is -0.444 e. The molecule has 3 rings (SSSR count). The van der Waals surface area contributed by atoms with Gasteiger partial charge in [0.05, 0.1) is 0 Å². The van der Waals surface area contributed by atoms with E-state index in [0.29, 0.717) is 25.9 Å². The molecule has 1 atom stereocenters. The van der Waals surface area contributed by atoms with E-state index in [9.17, 15) is 9.59 Å². The topological polar surface area (TPSA) is 61.9 Å². The van der Waals surface area contributed by atoms with Crippen LogP contribution in [0.5, 0.6) is 0 Å². The van der Waals surface area contributed by atoms with E-state index in [1.165, 1.54) is 5.56 Å². The van der Waals surface area contributed by atoms with Gasteiger partial charge >= 0.3 is 6.09 Å². The number of carbonyl (C=O) groups excluding carboxylic acids is 2. The van der Waals surface area contributed by atoms with Crippen LogP contribution in [0.3, 0.4) is 0 Å². The number of hydrogen-bond acceptors (Lipinski definition) is 4. The van der Waals surface area contributed by atoms with Crippen molar-refractivity contribution in [1.29, 1.82) is 0 Å². The van der Waals surface area contributed by atoms with Gasteiger partial charge in [-0.05, 0) is 51.8 Å². The lowest BCUT2D eigenvalue weighted by atomic mass is 9.77. The Bertz CT molecular complexity index is 705. The van der Waals surface area contributed by atoms with Crippen molar-refractivity contribution in [2.24, 2.45) is 0 Å². The highest BCUT2D eigenvalue weighted by atomic mass is 16.6. The van der Waals surface area contributed by atoms with E-state index in [2.05, 4.69) is 29.4 Å². The second-order valence-corrected chi connectivity index (χ2v) is 8.75. The lowest BCUT2D eigenvalue weighted by Crippen LogP contribution is -2.64. The SMILES string of the molecule is CN1CCN(C(=O)[C@@]2(NC(=O)OC(C)(C)C)CCc3ccccc3C2)CC1. The van der Waals surface area contributed by atoms with Gasteiger partial charge in [-0.25, -0.2) is 4.79 Å². The second kappa shape index (κ2) is 7.50. The summed E-state index contributed by atoms with van der Waals surface area (Å²) in [5, 5.41) is 2.97. The Balaban J connectivity index is 1.85. The molecule has 0 aromatic heterocycles. The van der Waals surface area contributed by atoms with Gasteiger partial charge < -0.3 is 19.9 Å². The van der Waals surface area contributed by atoms with Crippen molar-refractivity contribution in [1.82, 2.24) is 15.1 Å².